The van der Waals surface area contributed by atoms with Gasteiger partial charge >= 0.3 is 16.4 Å². The summed E-state index contributed by atoms with van der Waals surface area (Å²) in [5.41, 5.74) is -1.55. The lowest BCUT2D eigenvalue weighted by Crippen LogP contribution is -2.66. The van der Waals surface area contributed by atoms with E-state index in [0.29, 0.717) is 38.5 Å². The van der Waals surface area contributed by atoms with E-state index >= 15 is 0 Å². The van der Waals surface area contributed by atoms with Crippen LogP contribution in [0.3, 0.4) is 0 Å². The van der Waals surface area contributed by atoms with Crippen molar-refractivity contribution in [2.75, 3.05) is 19.8 Å². The Kier molecular flexibility index (Phi) is 12.6. The molecule has 7 rings (SSSR count). The Balaban J connectivity index is 1.14. The van der Waals surface area contributed by atoms with E-state index in [1.165, 1.54) is 5.57 Å². The predicted molar refractivity (Wildman–Crippen MR) is 209 cm³/mol. The Morgan fingerprint density at radius 1 is 0.783 bits per heavy atom. The molecular weight excluding hydrogens is 809 g/mol. The topological polar surface area (TPSA) is 279 Å². The number of rotatable bonds is 9. The summed E-state index contributed by atoms with van der Waals surface area (Å²) in [7, 11) is -4.72. The predicted octanol–water partition coefficient (Wildman–Crippen LogP) is 0.972. The van der Waals surface area contributed by atoms with Crippen molar-refractivity contribution in [3.63, 3.8) is 0 Å². The summed E-state index contributed by atoms with van der Waals surface area (Å²) in [6.45, 7) is 11.6. The minimum atomic E-state index is -4.72. The minimum Gasteiger partial charge on any atom is -0.432 e. The Labute approximate surface area is 352 Å². The molecule has 0 bridgehead atoms. The van der Waals surface area contributed by atoms with Crippen molar-refractivity contribution < 1.29 is 81.7 Å². The highest BCUT2D eigenvalue weighted by Gasteiger charge is 2.70. The van der Waals surface area contributed by atoms with Crippen LogP contribution in [0.4, 0.5) is 0 Å². The highest BCUT2D eigenvalue weighted by Crippen LogP contribution is 2.76. The van der Waals surface area contributed by atoms with Crippen LogP contribution in [0.2, 0.25) is 0 Å². The van der Waals surface area contributed by atoms with Crippen LogP contribution in [0.5, 0.6) is 0 Å². The molecule has 9 N–H and O–H groups in total. The second-order valence-electron chi connectivity index (χ2n) is 20.5. The first-order valence-corrected chi connectivity index (χ1v) is 23.1. The van der Waals surface area contributed by atoms with Crippen LogP contribution in [0.1, 0.15) is 99.3 Å². The molecule has 0 aromatic rings. The lowest BCUT2D eigenvalue weighted by atomic mass is 9.33. The lowest BCUT2D eigenvalue weighted by molar-refractivity contribution is -0.328. The van der Waals surface area contributed by atoms with E-state index in [1.54, 1.807) is 0 Å². The normalized spacial score (nSPS) is 53.1. The van der Waals surface area contributed by atoms with E-state index in [0.717, 1.165) is 19.3 Å². The van der Waals surface area contributed by atoms with Gasteiger partial charge in [0.1, 0.15) is 48.8 Å². The number of allylic oxidation sites excluding steroid dienone is 2. The molecule has 2 saturated heterocycles. The van der Waals surface area contributed by atoms with E-state index in [2.05, 4.69) is 40.7 Å². The van der Waals surface area contributed by atoms with Gasteiger partial charge < -0.3 is 59.8 Å². The second kappa shape index (κ2) is 16.3. The zero-order valence-corrected chi connectivity index (χ0v) is 36.3. The third-order valence-corrected chi connectivity index (χ3v) is 18.3. The van der Waals surface area contributed by atoms with Crippen LogP contribution < -0.4 is 0 Å². The molecule has 4 saturated carbocycles. The van der Waals surface area contributed by atoms with Crippen LogP contribution >= 0.6 is 0 Å². The number of hydrogen-bond donors (Lipinski definition) is 9. The molecule has 21 unspecified atom stereocenters. The largest absolute Gasteiger partial charge is 0.432 e. The van der Waals surface area contributed by atoms with Gasteiger partial charge in [-0.1, -0.05) is 53.2 Å². The van der Waals surface area contributed by atoms with Crippen molar-refractivity contribution in [2.24, 2.45) is 56.7 Å². The van der Waals surface area contributed by atoms with Crippen LogP contribution in [0, 0.1) is 56.7 Å². The molecule has 0 aromatic carbocycles. The maximum atomic E-state index is 14.9. The summed E-state index contributed by atoms with van der Waals surface area (Å²) in [6, 6.07) is 0. The number of hydrogen-bond acceptors (Lipinski definition) is 16. The Morgan fingerprint density at radius 2 is 1.42 bits per heavy atom. The fourth-order valence-electron chi connectivity index (χ4n) is 13.8. The van der Waals surface area contributed by atoms with Crippen LogP contribution in [-0.2, 0) is 38.3 Å². The summed E-state index contributed by atoms with van der Waals surface area (Å²) in [5, 5.41) is 84.6. The quantitative estimate of drug-likeness (QED) is 0.0887. The Morgan fingerprint density at radius 3 is 2.07 bits per heavy atom. The maximum absolute atomic E-state index is 14.9. The molecule has 0 aromatic heterocycles. The highest BCUT2D eigenvalue weighted by atomic mass is 32.3. The summed E-state index contributed by atoms with van der Waals surface area (Å²) < 4.78 is 60.9. The van der Waals surface area contributed by atoms with Crippen LogP contribution in [-0.4, -0.2) is 147 Å². The average molecular weight is 877 g/mol. The number of fused-ring (bicyclic) bond motifs is 7. The number of ether oxygens (including phenoxy) is 4. The molecule has 7 aliphatic rings. The van der Waals surface area contributed by atoms with Gasteiger partial charge in [-0.3, -0.25) is 9.35 Å². The monoisotopic (exact) mass is 876 g/mol. The Hall–Kier alpha value is -1.36. The SMILES string of the molecule is CC1CCC2(C(=O)OC3OC(COC4OC(CO)C(O)C(O)C4O)C(O)C(O)C3O)CCC3(C)C(=CCC4C5(C)CCC(O)C(C)(COS(=O)(=O)O)C5CCC43C)C2C1C. The van der Waals surface area contributed by atoms with Gasteiger partial charge in [-0.15, -0.1) is 0 Å². The average Bonchev–Trinajstić information content (AvgIpc) is 3.19. The fraction of sp³-hybridized carbons (Fsp3) is 0.929. The minimum absolute atomic E-state index is 0.0687. The summed E-state index contributed by atoms with van der Waals surface area (Å²) in [5.74, 6) is -0.376. The van der Waals surface area contributed by atoms with E-state index in [4.69, 9.17) is 23.1 Å². The van der Waals surface area contributed by atoms with Gasteiger partial charge in [0, 0.05) is 5.41 Å². The van der Waals surface area contributed by atoms with E-state index in [1.807, 2.05) is 6.92 Å². The van der Waals surface area contributed by atoms with E-state index in [9.17, 15) is 58.6 Å². The number of esters is 1. The standard InChI is InChI=1S/C42H68O17S/c1-20-9-14-42(37(51)59-36-34(50)32(48)30(46)24(58-36)18-55-35-33(49)31(47)29(45)23(17-43)57-35)16-15-40(5)22(28(42)21(20)2)7-8-26-38(3)12-11-27(44)39(4,19-56-60(52,53)54)25(38)10-13-41(26,40)6/h7,20-21,23-36,43-50H,8-19H2,1-6H3,(H,52,53,54). The van der Waals surface area contributed by atoms with Crippen molar-refractivity contribution in [3.05, 3.63) is 11.6 Å². The summed E-state index contributed by atoms with van der Waals surface area (Å²) in [4.78, 5) is 14.9. The van der Waals surface area contributed by atoms with Gasteiger partial charge in [-0.05, 0) is 104 Å². The van der Waals surface area contributed by atoms with Gasteiger partial charge in [0.15, 0.2) is 6.29 Å². The molecule has 0 spiro atoms. The van der Waals surface area contributed by atoms with Gasteiger partial charge in [-0.25, -0.2) is 4.18 Å². The first-order chi connectivity index (χ1) is 27.9. The molecular formula is C42H68O17S. The summed E-state index contributed by atoms with van der Waals surface area (Å²) >= 11 is 0. The lowest BCUT2D eigenvalue weighted by Gasteiger charge is -2.71. The van der Waals surface area contributed by atoms with Crippen LogP contribution in [0.15, 0.2) is 11.6 Å². The van der Waals surface area contributed by atoms with Gasteiger partial charge in [0.25, 0.3) is 0 Å². The van der Waals surface area contributed by atoms with Crippen molar-refractivity contribution in [1.29, 1.82) is 0 Å². The molecule has 2 aliphatic heterocycles. The van der Waals surface area contributed by atoms with Crippen molar-refractivity contribution >= 4 is 16.4 Å². The van der Waals surface area contributed by atoms with Gasteiger partial charge in [0.2, 0.25) is 6.29 Å². The van der Waals surface area contributed by atoms with Crippen molar-refractivity contribution in [3.8, 4) is 0 Å². The molecule has 5 aliphatic carbocycles. The molecule has 0 radical (unpaired) electrons. The summed E-state index contributed by atoms with van der Waals surface area (Å²) in [6.07, 6.45) is -8.92. The van der Waals surface area contributed by atoms with E-state index < -0.39 is 108 Å². The number of carbonyl (C=O) groups excluding carboxylic acids is 1. The second-order valence-corrected chi connectivity index (χ2v) is 21.6. The highest BCUT2D eigenvalue weighted by molar-refractivity contribution is 7.80. The number of carbonyl (C=O) groups is 1. The van der Waals surface area contributed by atoms with Crippen LogP contribution in [0.25, 0.3) is 0 Å². The van der Waals surface area contributed by atoms with Crippen molar-refractivity contribution in [2.45, 2.75) is 167 Å². The Bertz CT molecular complexity index is 1750. The molecule has 21 atom stereocenters. The van der Waals surface area contributed by atoms with E-state index in [-0.39, 0.29) is 52.4 Å². The third-order valence-electron chi connectivity index (χ3n) is 17.9. The molecule has 18 heteroatoms. The molecule has 6 fully saturated rings. The maximum Gasteiger partial charge on any atom is 0.397 e. The first-order valence-electron chi connectivity index (χ1n) is 21.7. The molecule has 344 valence electrons. The molecule has 0 amide bonds. The number of aliphatic hydroxyl groups is 8. The smallest absolute Gasteiger partial charge is 0.397 e. The third kappa shape index (κ3) is 7.24. The first kappa shape index (κ1) is 46.6. The zero-order chi connectivity index (χ0) is 44.1. The van der Waals surface area contributed by atoms with Gasteiger partial charge in [0.05, 0.1) is 31.3 Å². The molecule has 2 heterocycles. The molecule has 60 heavy (non-hydrogen) atoms. The molecule has 17 nitrogen and oxygen atoms in total. The van der Waals surface area contributed by atoms with Crippen molar-refractivity contribution in [1.82, 2.24) is 0 Å². The van der Waals surface area contributed by atoms with Gasteiger partial charge in [-0.2, -0.15) is 8.42 Å². The number of aliphatic hydroxyl groups excluding tert-OH is 8. The fourth-order valence-corrected chi connectivity index (χ4v) is 14.2. The zero-order valence-electron chi connectivity index (χ0n) is 35.5.